The quantitative estimate of drug-likeness (QED) is 0.530. The molecule has 0 aliphatic heterocycles. The van der Waals surface area contributed by atoms with Crippen molar-refractivity contribution in [1.29, 1.82) is 0 Å². The lowest BCUT2D eigenvalue weighted by Crippen LogP contribution is -2.27. The van der Waals surface area contributed by atoms with Crippen LogP contribution in [0.1, 0.15) is 5.56 Å². The van der Waals surface area contributed by atoms with Crippen molar-refractivity contribution in [3.63, 3.8) is 0 Å². The predicted octanol–water partition coefficient (Wildman–Crippen LogP) is 4.73. The average Bonchev–Trinajstić information content (AvgIpc) is 3.12. The number of nitrogens with zero attached hydrogens (tertiary/aromatic N) is 2. The Kier molecular flexibility index (Phi) is 4.98. The minimum atomic E-state index is -0.312. The SMILES string of the molecule is Cc1ccc(Cl)cc1NC(=O)Cn1cnc2c(-c3ccccc3)csc2c1=O. The van der Waals surface area contributed by atoms with Gasteiger partial charge in [0.15, 0.2) is 0 Å². The van der Waals surface area contributed by atoms with Gasteiger partial charge in [0.05, 0.1) is 11.8 Å². The maximum Gasteiger partial charge on any atom is 0.271 e. The molecule has 0 spiro atoms. The molecule has 0 saturated heterocycles. The maximum atomic E-state index is 12.8. The number of carbonyl (C=O) groups excluding carboxylic acids is 1. The van der Waals surface area contributed by atoms with E-state index < -0.39 is 0 Å². The van der Waals surface area contributed by atoms with E-state index in [0.717, 1.165) is 16.7 Å². The largest absolute Gasteiger partial charge is 0.324 e. The number of nitrogens with one attached hydrogen (secondary N) is 1. The van der Waals surface area contributed by atoms with Crippen molar-refractivity contribution in [3.8, 4) is 11.1 Å². The van der Waals surface area contributed by atoms with Crippen LogP contribution in [0.25, 0.3) is 21.3 Å². The number of halogens is 1. The van der Waals surface area contributed by atoms with E-state index in [-0.39, 0.29) is 18.0 Å². The fraction of sp³-hybridized carbons (Fsp3) is 0.0952. The number of carbonyl (C=O) groups is 1. The van der Waals surface area contributed by atoms with Crippen LogP contribution in [0.5, 0.6) is 0 Å². The fourth-order valence-corrected chi connectivity index (χ4v) is 4.10. The Morgan fingerprint density at radius 3 is 2.79 bits per heavy atom. The van der Waals surface area contributed by atoms with Gasteiger partial charge in [0.1, 0.15) is 11.2 Å². The fourth-order valence-electron chi connectivity index (χ4n) is 2.95. The number of thiophene rings is 1. The number of anilines is 1. The summed E-state index contributed by atoms with van der Waals surface area (Å²) in [6.07, 6.45) is 1.42. The third kappa shape index (κ3) is 3.56. The van der Waals surface area contributed by atoms with Crippen LogP contribution in [-0.2, 0) is 11.3 Å². The molecule has 0 bridgehead atoms. The number of hydrogen-bond acceptors (Lipinski definition) is 4. The maximum absolute atomic E-state index is 12.8. The molecule has 0 fully saturated rings. The number of aromatic nitrogens is 2. The third-order valence-corrected chi connectivity index (χ3v) is 5.61. The molecule has 0 aliphatic carbocycles. The molecule has 2 heterocycles. The van der Waals surface area contributed by atoms with E-state index in [2.05, 4.69) is 10.3 Å². The summed E-state index contributed by atoms with van der Waals surface area (Å²) in [7, 11) is 0. The molecule has 4 aromatic rings. The van der Waals surface area contributed by atoms with E-state index in [9.17, 15) is 9.59 Å². The number of amides is 1. The first-order valence-electron chi connectivity index (χ1n) is 8.61. The molecule has 2 aromatic heterocycles. The predicted molar refractivity (Wildman–Crippen MR) is 114 cm³/mol. The molecule has 4 rings (SSSR count). The van der Waals surface area contributed by atoms with E-state index in [1.54, 1.807) is 12.1 Å². The van der Waals surface area contributed by atoms with E-state index in [0.29, 0.717) is 20.9 Å². The van der Waals surface area contributed by atoms with Crippen LogP contribution >= 0.6 is 22.9 Å². The van der Waals surface area contributed by atoms with Gasteiger partial charge in [-0.05, 0) is 30.2 Å². The molecule has 0 radical (unpaired) electrons. The summed E-state index contributed by atoms with van der Waals surface area (Å²) in [4.78, 5) is 29.7. The van der Waals surface area contributed by atoms with Gasteiger partial charge >= 0.3 is 0 Å². The topological polar surface area (TPSA) is 64.0 Å². The molecule has 0 atom stereocenters. The smallest absolute Gasteiger partial charge is 0.271 e. The Labute approximate surface area is 170 Å². The molecular weight excluding hydrogens is 394 g/mol. The molecule has 7 heteroatoms. The van der Waals surface area contributed by atoms with Crippen molar-refractivity contribution in [3.05, 3.63) is 81.2 Å². The second-order valence-electron chi connectivity index (χ2n) is 6.38. The lowest BCUT2D eigenvalue weighted by Gasteiger charge is -2.10. The lowest BCUT2D eigenvalue weighted by atomic mass is 10.1. The van der Waals surface area contributed by atoms with Crippen molar-refractivity contribution in [2.24, 2.45) is 0 Å². The Morgan fingerprint density at radius 1 is 1.21 bits per heavy atom. The van der Waals surface area contributed by atoms with Gasteiger partial charge in [-0.1, -0.05) is 48.0 Å². The number of rotatable bonds is 4. The zero-order valence-corrected chi connectivity index (χ0v) is 16.6. The van der Waals surface area contributed by atoms with Crippen LogP contribution in [0.2, 0.25) is 5.02 Å². The van der Waals surface area contributed by atoms with E-state index in [1.807, 2.05) is 48.7 Å². The van der Waals surface area contributed by atoms with Crippen molar-refractivity contribution in [1.82, 2.24) is 9.55 Å². The van der Waals surface area contributed by atoms with E-state index in [1.165, 1.54) is 22.2 Å². The third-order valence-electron chi connectivity index (χ3n) is 4.42. The highest BCUT2D eigenvalue weighted by Gasteiger charge is 2.14. The zero-order valence-electron chi connectivity index (χ0n) is 15.0. The van der Waals surface area contributed by atoms with Crippen molar-refractivity contribution in [2.45, 2.75) is 13.5 Å². The highest BCUT2D eigenvalue weighted by molar-refractivity contribution is 7.17. The van der Waals surface area contributed by atoms with Gasteiger partial charge in [0.2, 0.25) is 5.91 Å². The summed E-state index contributed by atoms with van der Waals surface area (Å²) < 4.78 is 1.86. The van der Waals surface area contributed by atoms with E-state index >= 15 is 0 Å². The van der Waals surface area contributed by atoms with E-state index in [4.69, 9.17) is 11.6 Å². The Morgan fingerprint density at radius 2 is 2.00 bits per heavy atom. The van der Waals surface area contributed by atoms with Crippen LogP contribution in [0.4, 0.5) is 5.69 Å². The first-order valence-corrected chi connectivity index (χ1v) is 9.87. The van der Waals surface area contributed by atoms with Gasteiger partial charge < -0.3 is 5.32 Å². The van der Waals surface area contributed by atoms with Gasteiger partial charge in [-0.3, -0.25) is 14.2 Å². The first kappa shape index (κ1) is 18.4. The summed E-state index contributed by atoms with van der Waals surface area (Å²) in [6, 6.07) is 15.1. The molecule has 1 N–H and O–H groups in total. The summed E-state index contributed by atoms with van der Waals surface area (Å²) in [6.45, 7) is 1.76. The molecule has 0 saturated carbocycles. The highest BCUT2D eigenvalue weighted by Crippen LogP contribution is 2.30. The number of fused-ring (bicyclic) bond motifs is 1. The minimum absolute atomic E-state index is 0.119. The monoisotopic (exact) mass is 409 g/mol. The van der Waals surface area contributed by atoms with Crippen molar-refractivity contribution in [2.75, 3.05) is 5.32 Å². The Balaban J connectivity index is 1.61. The van der Waals surface area contributed by atoms with Crippen LogP contribution in [0.3, 0.4) is 0 Å². The molecule has 28 heavy (non-hydrogen) atoms. The lowest BCUT2D eigenvalue weighted by molar-refractivity contribution is -0.116. The molecule has 1 amide bonds. The summed E-state index contributed by atoms with van der Waals surface area (Å²) in [5.41, 5.74) is 3.88. The normalized spacial score (nSPS) is 10.9. The van der Waals surface area contributed by atoms with Gasteiger partial charge in [0.25, 0.3) is 5.56 Å². The second kappa shape index (κ2) is 7.58. The molecule has 0 aliphatic rings. The van der Waals surface area contributed by atoms with Gasteiger partial charge in [0, 0.05) is 21.7 Å². The minimum Gasteiger partial charge on any atom is -0.324 e. The molecular formula is C21H16ClN3O2S. The van der Waals surface area contributed by atoms with Crippen LogP contribution in [-0.4, -0.2) is 15.5 Å². The highest BCUT2D eigenvalue weighted by atomic mass is 35.5. The second-order valence-corrected chi connectivity index (χ2v) is 7.69. The van der Waals surface area contributed by atoms with Gasteiger partial charge in [-0.15, -0.1) is 11.3 Å². The van der Waals surface area contributed by atoms with Crippen LogP contribution in [0.15, 0.2) is 65.0 Å². The first-order chi connectivity index (χ1) is 13.5. The van der Waals surface area contributed by atoms with Gasteiger partial charge in [-0.25, -0.2) is 4.98 Å². The summed E-state index contributed by atoms with van der Waals surface area (Å²) in [5.74, 6) is -0.312. The number of benzene rings is 2. The van der Waals surface area contributed by atoms with Crippen LogP contribution in [0, 0.1) is 6.92 Å². The standard InChI is InChI=1S/C21H16ClN3O2S/c1-13-7-8-15(22)9-17(13)24-18(26)10-25-12-23-19-16(11-28-20(19)21(25)27)14-5-3-2-4-6-14/h2-9,11-12H,10H2,1H3,(H,24,26). The summed E-state index contributed by atoms with van der Waals surface area (Å²) in [5, 5.41) is 5.26. The van der Waals surface area contributed by atoms with Crippen molar-refractivity contribution < 1.29 is 4.79 Å². The van der Waals surface area contributed by atoms with Crippen LogP contribution < -0.4 is 10.9 Å². The average molecular weight is 410 g/mol. The molecule has 5 nitrogen and oxygen atoms in total. The molecule has 2 aromatic carbocycles. The zero-order chi connectivity index (χ0) is 19.7. The molecule has 0 unspecified atom stereocenters. The number of aryl methyl sites for hydroxylation is 1. The molecule has 140 valence electrons. The van der Waals surface area contributed by atoms with Crippen molar-refractivity contribution >= 4 is 44.7 Å². The number of hydrogen-bond donors (Lipinski definition) is 1. The van der Waals surface area contributed by atoms with Gasteiger partial charge in [-0.2, -0.15) is 0 Å². The Hall–Kier alpha value is -2.96. The summed E-state index contributed by atoms with van der Waals surface area (Å²) >= 11 is 7.33. The Bertz CT molecular complexity index is 1230.